The minimum absolute atomic E-state index is 0.0736. The van der Waals surface area contributed by atoms with Gasteiger partial charge in [-0.1, -0.05) is 18.2 Å². The smallest absolute Gasteiger partial charge is 0.332 e. The van der Waals surface area contributed by atoms with E-state index in [1.54, 1.807) is 23.7 Å². The predicted molar refractivity (Wildman–Crippen MR) is 149 cm³/mol. The number of hydrogen-bond donors (Lipinski definition) is 1. The van der Waals surface area contributed by atoms with Gasteiger partial charge >= 0.3 is 5.69 Å². The van der Waals surface area contributed by atoms with Crippen molar-refractivity contribution in [3.05, 3.63) is 85.8 Å². The number of nitrogens with zero attached hydrogens (tertiary/aromatic N) is 6. The molecule has 1 aliphatic rings. The maximum Gasteiger partial charge on any atom is 0.332 e. The summed E-state index contributed by atoms with van der Waals surface area (Å²) in [5.41, 5.74) is 3.50. The number of carbonyl (C=O) groups is 1. The van der Waals surface area contributed by atoms with E-state index in [2.05, 4.69) is 21.2 Å². The third-order valence-electron chi connectivity index (χ3n) is 7.11. The zero-order valence-electron chi connectivity index (χ0n) is 22.6. The number of nitrogens with one attached hydrogen (secondary N) is 1. The molecule has 3 heterocycles. The Morgan fingerprint density at radius 3 is 2.23 bits per heavy atom. The molecule has 1 N–H and O–H groups in total. The first-order valence-corrected chi connectivity index (χ1v) is 12.9. The lowest BCUT2D eigenvalue weighted by Gasteiger charge is -2.35. The van der Waals surface area contributed by atoms with Crippen LogP contribution in [0.3, 0.4) is 0 Å². The van der Waals surface area contributed by atoms with Gasteiger partial charge in [0.1, 0.15) is 5.82 Å². The predicted octanol–water partition coefficient (Wildman–Crippen LogP) is 2.00. The van der Waals surface area contributed by atoms with Crippen LogP contribution in [0.4, 0.5) is 16.0 Å². The highest BCUT2D eigenvalue weighted by molar-refractivity contribution is 5.92. The van der Waals surface area contributed by atoms with Crippen molar-refractivity contribution in [1.82, 2.24) is 23.6 Å². The zero-order chi connectivity index (χ0) is 27.8. The van der Waals surface area contributed by atoms with E-state index in [1.807, 2.05) is 26.0 Å². The van der Waals surface area contributed by atoms with E-state index in [1.165, 1.54) is 23.7 Å². The standard InChI is InChI=1S/C28H32FN7O3/c1-18-13-19(2)15-22(14-18)30-23(37)17-34-9-11-35(12-10-34)27-31-25-24(26(38)33(4)28(39)32(25)3)36(27)16-20-5-7-21(29)8-6-20/h5-8,13-15H,9-12,16-17H2,1-4H3,(H,30,37). The minimum Gasteiger partial charge on any atom is -0.340 e. The van der Waals surface area contributed by atoms with Crippen LogP contribution in [0.2, 0.25) is 0 Å². The van der Waals surface area contributed by atoms with E-state index < -0.39 is 11.2 Å². The highest BCUT2D eigenvalue weighted by Gasteiger charge is 2.26. The van der Waals surface area contributed by atoms with Gasteiger partial charge in [0.15, 0.2) is 11.2 Å². The van der Waals surface area contributed by atoms with E-state index in [0.717, 1.165) is 26.9 Å². The maximum atomic E-state index is 13.5. The van der Waals surface area contributed by atoms with Gasteiger partial charge in [-0.05, 0) is 54.8 Å². The molecule has 39 heavy (non-hydrogen) atoms. The van der Waals surface area contributed by atoms with E-state index >= 15 is 0 Å². The van der Waals surface area contributed by atoms with Gasteiger partial charge in [0.2, 0.25) is 11.9 Å². The van der Waals surface area contributed by atoms with E-state index in [-0.39, 0.29) is 24.8 Å². The van der Waals surface area contributed by atoms with Crippen LogP contribution in [-0.4, -0.2) is 62.2 Å². The van der Waals surface area contributed by atoms with Crippen molar-refractivity contribution in [2.75, 3.05) is 42.9 Å². The second kappa shape index (κ2) is 10.5. The molecular formula is C28H32FN7O3. The van der Waals surface area contributed by atoms with Crippen molar-refractivity contribution >= 4 is 28.7 Å². The summed E-state index contributed by atoms with van der Waals surface area (Å²) in [5.74, 6) is 0.146. The summed E-state index contributed by atoms with van der Waals surface area (Å²) in [6.45, 7) is 6.96. The first kappa shape index (κ1) is 26.4. The van der Waals surface area contributed by atoms with Crippen molar-refractivity contribution in [1.29, 1.82) is 0 Å². The van der Waals surface area contributed by atoms with E-state index in [0.29, 0.717) is 43.3 Å². The Kier molecular flexibility index (Phi) is 7.09. The molecule has 2 aromatic heterocycles. The van der Waals surface area contributed by atoms with Gasteiger partial charge in [-0.2, -0.15) is 4.98 Å². The quantitative estimate of drug-likeness (QED) is 0.407. The summed E-state index contributed by atoms with van der Waals surface area (Å²) < 4.78 is 17.8. The summed E-state index contributed by atoms with van der Waals surface area (Å²) in [6, 6.07) is 12.1. The van der Waals surface area contributed by atoms with Crippen LogP contribution < -0.4 is 21.5 Å². The van der Waals surface area contributed by atoms with Gasteiger partial charge in [0.25, 0.3) is 5.56 Å². The van der Waals surface area contributed by atoms with Gasteiger partial charge < -0.3 is 10.2 Å². The van der Waals surface area contributed by atoms with Crippen molar-refractivity contribution in [2.24, 2.45) is 14.1 Å². The lowest BCUT2D eigenvalue weighted by molar-refractivity contribution is -0.117. The van der Waals surface area contributed by atoms with Crippen LogP contribution in [-0.2, 0) is 25.4 Å². The molecule has 11 heteroatoms. The minimum atomic E-state index is -0.454. The highest BCUT2D eigenvalue weighted by atomic mass is 19.1. The Labute approximate surface area is 224 Å². The lowest BCUT2D eigenvalue weighted by atomic mass is 10.1. The number of aryl methyl sites for hydroxylation is 3. The molecule has 4 aromatic rings. The number of rotatable bonds is 6. The van der Waals surface area contributed by atoms with Gasteiger partial charge in [0, 0.05) is 46.0 Å². The van der Waals surface area contributed by atoms with Gasteiger partial charge in [-0.15, -0.1) is 0 Å². The number of piperazine rings is 1. The van der Waals surface area contributed by atoms with Crippen LogP contribution in [0.5, 0.6) is 0 Å². The molecule has 0 atom stereocenters. The number of imidazole rings is 1. The molecule has 204 valence electrons. The molecule has 0 unspecified atom stereocenters. The maximum absolute atomic E-state index is 13.5. The molecule has 1 saturated heterocycles. The van der Waals surface area contributed by atoms with Crippen LogP contribution >= 0.6 is 0 Å². The van der Waals surface area contributed by atoms with Crippen molar-refractivity contribution in [2.45, 2.75) is 20.4 Å². The highest BCUT2D eigenvalue weighted by Crippen LogP contribution is 2.23. The summed E-state index contributed by atoms with van der Waals surface area (Å²) in [5, 5.41) is 2.99. The topological polar surface area (TPSA) is 97.4 Å². The molecule has 1 amide bonds. The molecule has 10 nitrogen and oxygen atoms in total. The largest absolute Gasteiger partial charge is 0.340 e. The number of aromatic nitrogens is 4. The monoisotopic (exact) mass is 533 g/mol. The SMILES string of the molecule is Cc1cc(C)cc(NC(=O)CN2CCN(c3nc4c(c(=O)n(C)c(=O)n4C)n3Cc3ccc(F)cc3)CC2)c1. The molecule has 0 aliphatic carbocycles. The second-order valence-corrected chi connectivity index (χ2v) is 10.2. The number of fused-ring (bicyclic) bond motifs is 1. The Morgan fingerprint density at radius 2 is 1.59 bits per heavy atom. The molecule has 5 rings (SSSR count). The van der Waals surface area contributed by atoms with Gasteiger partial charge in [-0.25, -0.2) is 9.18 Å². The summed E-state index contributed by atoms with van der Waals surface area (Å²) >= 11 is 0. The number of benzene rings is 2. The molecule has 0 saturated carbocycles. The van der Waals surface area contributed by atoms with Crippen LogP contribution in [0, 0.1) is 19.7 Å². The normalized spacial score (nSPS) is 14.2. The van der Waals surface area contributed by atoms with Crippen molar-refractivity contribution in [3.8, 4) is 0 Å². The number of amides is 1. The summed E-state index contributed by atoms with van der Waals surface area (Å²) in [4.78, 5) is 47.4. The molecule has 2 aromatic carbocycles. The Morgan fingerprint density at radius 1 is 0.949 bits per heavy atom. The Bertz CT molecular complexity index is 1640. The average molecular weight is 534 g/mol. The summed E-state index contributed by atoms with van der Waals surface area (Å²) in [6.07, 6.45) is 0. The fraction of sp³-hybridized carbons (Fsp3) is 0.357. The molecule has 0 bridgehead atoms. The second-order valence-electron chi connectivity index (χ2n) is 10.2. The lowest BCUT2D eigenvalue weighted by Crippen LogP contribution is -2.49. The third kappa shape index (κ3) is 5.35. The van der Waals surface area contributed by atoms with Crippen molar-refractivity contribution < 1.29 is 9.18 Å². The fourth-order valence-electron chi connectivity index (χ4n) is 5.16. The van der Waals surface area contributed by atoms with E-state index in [4.69, 9.17) is 4.98 Å². The van der Waals surface area contributed by atoms with Crippen LogP contribution in [0.15, 0.2) is 52.1 Å². The molecular weight excluding hydrogens is 501 g/mol. The number of carbonyl (C=O) groups excluding carboxylic acids is 1. The third-order valence-corrected chi connectivity index (χ3v) is 7.11. The van der Waals surface area contributed by atoms with Gasteiger partial charge in [-0.3, -0.25) is 28.2 Å². The van der Waals surface area contributed by atoms with Crippen LogP contribution in [0.1, 0.15) is 16.7 Å². The zero-order valence-corrected chi connectivity index (χ0v) is 22.6. The number of halogens is 1. The van der Waals surface area contributed by atoms with Gasteiger partial charge in [0.05, 0.1) is 13.1 Å². The summed E-state index contributed by atoms with van der Waals surface area (Å²) in [7, 11) is 3.04. The number of hydrogen-bond acceptors (Lipinski definition) is 6. The number of anilines is 2. The Hall–Kier alpha value is -4.25. The van der Waals surface area contributed by atoms with Crippen molar-refractivity contribution in [3.63, 3.8) is 0 Å². The first-order valence-electron chi connectivity index (χ1n) is 12.9. The Balaban J connectivity index is 1.38. The molecule has 1 aliphatic heterocycles. The molecule has 0 spiro atoms. The molecule has 0 radical (unpaired) electrons. The average Bonchev–Trinajstić information content (AvgIpc) is 3.26. The fourth-order valence-corrected chi connectivity index (χ4v) is 5.16. The van der Waals surface area contributed by atoms with Crippen LogP contribution in [0.25, 0.3) is 11.2 Å². The first-order chi connectivity index (χ1) is 18.6. The van der Waals surface area contributed by atoms with E-state index in [9.17, 15) is 18.8 Å². The molecule has 1 fully saturated rings.